The van der Waals surface area contributed by atoms with E-state index >= 15 is 0 Å². The van der Waals surface area contributed by atoms with E-state index in [-0.39, 0.29) is 32.5 Å². The molecule has 0 saturated carbocycles. The lowest BCUT2D eigenvalue weighted by atomic mass is 10.1. The largest absolute Gasteiger partial charge is 0.505 e. The highest BCUT2D eigenvalue weighted by molar-refractivity contribution is 8.00. The van der Waals surface area contributed by atoms with Gasteiger partial charge < -0.3 is 14.9 Å². The number of benzene rings is 3. The molecule has 0 bridgehead atoms. The number of carbonyl (C=O) groups is 1. The first-order chi connectivity index (χ1) is 15.3. The molecule has 3 aromatic carbocycles. The first kappa shape index (κ1) is 23.8. The summed E-state index contributed by atoms with van der Waals surface area (Å²) in [5, 5.41) is 20.0. The minimum absolute atomic E-state index is 0.0230. The second-order valence-corrected chi connectivity index (χ2v) is 8.61. The van der Waals surface area contributed by atoms with Crippen molar-refractivity contribution >= 4 is 56.6 Å². The maximum atomic E-state index is 14.5. The molecule has 4 aromatic rings. The summed E-state index contributed by atoms with van der Waals surface area (Å²) in [6.45, 7) is 4.00. The number of phenols is 1. The lowest BCUT2D eigenvalue weighted by Crippen LogP contribution is -1.98. The number of carboxylic acid groups (broad SMARTS) is 1. The van der Waals surface area contributed by atoms with Gasteiger partial charge in [-0.2, -0.15) is 0 Å². The van der Waals surface area contributed by atoms with Gasteiger partial charge >= 0.3 is 5.97 Å². The number of carboxylic acids is 1. The molecule has 1 heterocycles. The highest BCUT2D eigenvalue weighted by atomic mass is 35.5. The number of hydrogen-bond acceptors (Lipinski definition) is 5. The number of aromatic hydroxyl groups is 1. The van der Waals surface area contributed by atoms with Crippen molar-refractivity contribution in [1.82, 2.24) is 0 Å². The zero-order valence-corrected chi connectivity index (χ0v) is 19.3. The SMILES string of the molecule is CC.O=C(O)c1cc(Cl)c(O)c(SNc2cc(-c3cc4ccccc4s3)c(F)cc2F)c1. The zero-order valence-electron chi connectivity index (χ0n) is 16.9. The monoisotopic (exact) mass is 493 g/mol. The van der Waals surface area contributed by atoms with E-state index in [4.69, 9.17) is 16.7 Å². The lowest BCUT2D eigenvalue weighted by Gasteiger charge is -2.11. The van der Waals surface area contributed by atoms with E-state index in [1.54, 1.807) is 0 Å². The predicted octanol–water partition coefficient (Wildman–Crippen LogP) is 8.05. The molecule has 0 fully saturated rings. The Labute approximate surface area is 196 Å². The predicted molar refractivity (Wildman–Crippen MR) is 128 cm³/mol. The summed E-state index contributed by atoms with van der Waals surface area (Å²) >= 11 is 8.02. The van der Waals surface area contributed by atoms with Crippen LogP contribution >= 0.6 is 34.9 Å². The second-order valence-electron chi connectivity index (χ2n) is 6.27. The van der Waals surface area contributed by atoms with Crippen LogP contribution in [-0.2, 0) is 0 Å². The third kappa shape index (κ3) is 4.98. The molecule has 1 aromatic heterocycles. The summed E-state index contributed by atoms with van der Waals surface area (Å²) in [5.74, 6) is -3.09. The summed E-state index contributed by atoms with van der Waals surface area (Å²) in [5.41, 5.74) is 0.0694. The third-order valence-electron chi connectivity index (χ3n) is 4.29. The number of rotatable bonds is 5. The first-order valence-electron chi connectivity index (χ1n) is 9.50. The fraction of sp³-hybridized carbons (Fsp3) is 0.0870. The van der Waals surface area contributed by atoms with E-state index in [2.05, 4.69) is 4.72 Å². The minimum Gasteiger partial charge on any atom is -0.505 e. The average molecular weight is 494 g/mol. The van der Waals surface area contributed by atoms with Gasteiger partial charge in [-0.3, -0.25) is 0 Å². The lowest BCUT2D eigenvalue weighted by molar-refractivity contribution is 0.0696. The van der Waals surface area contributed by atoms with Gasteiger partial charge in [-0.05, 0) is 47.7 Å². The third-order valence-corrected chi connectivity index (χ3v) is 6.58. The van der Waals surface area contributed by atoms with Gasteiger partial charge in [0.15, 0.2) is 0 Å². The van der Waals surface area contributed by atoms with Gasteiger partial charge in [-0.15, -0.1) is 11.3 Å². The average Bonchev–Trinajstić information content (AvgIpc) is 3.20. The molecular weight excluding hydrogens is 476 g/mol. The Morgan fingerprint density at radius 2 is 1.78 bits per heavy atom. The van der Waals surface area contributed by atoms with Crippen molar-refractivity contribution in [3.8, 4) is 16.2 Å². The maximum absolute atomic E-state index is 14.5. The molecule has 0 aliphatic carbocycles. The summed E-state index contributed by atoms with van der Waals surface area (Å²) in [7, 11) is 0. The molecule has 0 aliphatic heterocycles. The van der Waals surface area contributed by atoms with Crippen molar-refractivity contribution in [2.24, 2.45) is 0 Å². The number of hydrogen-bond donors (Lipinski definition) is 3. The van der Waals surface area contributed by atoms with Gasteiger partial charge in [0.2, 0.25) is 0 Å². The Morgan fingerprint density at radius 3 is 2.47 bits per heavy atom. The number of halogens is 3. The van der Waals surface area contributed by atoms with Crippen LogP contribution in [0.25, 0.3) is 20.5 Å². The summed E-state index contributed by atoms with van der Waals surface area (Å²) in [4.78, 5) is 11.9. The zero-order chi connectivity index (χ0) is 23.4. The molecule has 3 N–H and O–H groups in total. The molecule has 0 aliphatic rings. The Hall–Kier alpha value is -2.81. The van der Waals surface area contributed by atoms with Crippen LogP contribution < -0.4 is 4.72 Å². The van der Waals surface area contributed by atoms with Crippen molar-refractivity contribution in [1.29, 1.82) is 0 Å². The molecule has 4 rings (SSSR count). The molecule has 0 saturated heterocycles. The number of nitrogens with one attached hydrogen (secondary N) is 1. The second kappa shape index (κ2) is 10.2. The topological polar surface area (TPSA) is 69.6 Å². The number of phenolic OH excluding ortho intramolecular Hbond substituents is 1. The van der Waals surface area contributed by atoms with Crippen LogP contribution in [0.3, 0.4) is 0 Å². The van der Waals surface area contributed by atoms with Crippen LogP contribution in [0.15, 0.2) is 59.5 Å². The maximum Gasteiger partial charge on any atom is 0.335 e. The van der Waals surface area contributed by atoms with E-state index in [0.29, 0.717) is 4.88 Å². The van der Waals surface area contributed by atoms with E-state index < -0.39 is 17.6 Å². The Kier molecular flexibility index (Phi) is 7.60. The van der Waals surface area contributed by atoms with Crippen LogP contribution in [0.2, 0.25) is 5.02 Å². The fourth-order valence-corrected chi connectivity index (χ4v) is 4.94. The van der Waals surface area contributed by atoms with E-state index in [9.17, 15) is 18.7 Å². The highest BCUT2D eigenvalue weighted by Gasteiger charge is 2.17. The van der Waals surface area contributed by atoms with Crippen LogP contribution in [0.4, 0.5) is 14.5 Å². The van der Waals surface area contributed by atoms with E-state index in [1.807, 2.05) is 44.2 Å². The minimum atomic E-state index is -1.22. The van der Waals surface area contributed by atoms with Crippen LogP contribution in [0.1, 0.15) is 24.2 Å². The molecule has 0 unspecified atom stereocenters. The van der Waals surface area contributed by atoms with E-state index in [1.165, 1.54) is 23.5 Å². The molecule has 0 spiro atoms. The smallest absolute Gasteiger partial charge is 0.335 e. The molecule has 4 nitrogen and oxygen atoms in total. The van der Waals surface area contributed by atoms with Crippen molar-refractivity contribution in [3.63, 3.8) is 0 Å². The van der Waals surface area contributed by atoms with Crippen molar-refractivity contribution in [2.75, 3.05) is 4.72 Å². The number of thiophene rings is 1. The number of aromatic carboxylic acids is 1. The summed E-state index contributed by atoms with van der Waals surface area (Å²) in [6, 6.07) is 13.9. The van der Waals surface area contributed by atoms with Gasteiger partial charge in [-0.25, -0.2) is 13.6 Å². The van der Waals surface area contributed by atoms with E-state index in [0.717, 1.165) is 34.2 Å². The quantitative estimate of drug-likeness (QED) is 0.245. The Bertz CT molecular complexity index is 1260. The Morgan fingerprint density at radius 1 is 1.06 bits per heavy atom. The number of fused-ring (bicyclic) bond motifs is 1. The normalized spacial score (nSPS) is 10.5. The summed E-state index contributed by atoms with van der Waals surface area (Å²) < 4.78 is 32.5. The molecule has 166 valence electrons. The van der Waals surface area contributed by atoms with Crippen molar-refractivity contribution < 1.29 is 23.8 Å². The van der Waals surface area contributed by atoms with Gasteiger partial charge in [0.25, 0.3) is 0 Å². The molecular formula is C23H18ClF2NO3S2. The van der Waals surface area contributed by atoms with Gasteiger partial charge in [0.05, 0.1) is 21.2 Å². The van der Waals surface area contributed by atoms with Crippen molar-refractivity contribution in [3.05, 3.63) is 76.8 Å². The molecule has 0 amide bonds. The van der Waals surface area contributed by atoms with Gasteiger partial charge in [0, 0.05) is 21.2 Å². The molecule has 0 radical (unpaired) electrons. The van der Waals surface area contributed by atoms with Crippen LogP contribution in [-0.4, -0.2) is 16.2 Å². The van der Waals surface area contributed by atoms with Crippen LogP contribution in [0, 0.1) is 11.6 Å². The molecule has 9 heteroatoms. The van der Waals surface area contributed by atoms with Gasteiger partial charge in [0.1, 0.15) is 17.4 Å². The molecule has 32 heavy (non-hydrogen) atoms. The standard InChI is InChI=1S/C21H12ClF2NO3S2.C2H6/c22-13-5-11(21(27)28)7-19(20(13)26)30-25-16-8-12(14(23)9-15(16)24)18-6-10-3-1-2-4-17(10)29-18;1-2/h1-9,25-26H,(H,27,28);1-2H3. The van der Waals surface area contributed by atoms with Crippen molar-refractivity contribution in [2.45, 2.75) is 18.7 Å². The van der Waals surface area contributed by atoms with Crippen LogP contribution in [0.5, 0.6) is 5.75 Å². The molecule has 0 atom stereocenters. The summed E-state index contributed by atoms with van der Waals surface area (Å²) in [6.07, 6.45) is 0. The fourth-order valence-electron chi connectivity index (χ4n) is 2.82. The van der Waals surface area contributed by atoms with Gasteiger partial charge in [-0.1, -0.05) is 43.6 Å². The number of anilines is 1. The first-order valence-corrected chi connectivity index (χ1v) is 11.5. The highest BCUT2D eigenvalue weighted by Crippen LogP contribution is 2.39. The Balaban J connectivity index is 0.00000141.